The standard InChI is InChI=1S/C5H7BrO2/c1-8-5(7)3-2-4-6/h2,4H,3H2,1H3/b4-2+. The molecule has 2 nitrogen and oxygen atoms in total. The van der Waals surface area contributed by atoms with E-state index < -0.39 is 0 Å². The van der Waals surface area contributed by atoms with E-state index in [-0.39, 0.29) is 5.97 Å². The summed E-state index contributed by atoms with van der Waals surface area (Å²) >= 11 is 3.02. The van der Waals surface area contributed by atoms with Crippen LogP contribution in [0.4, 0.5) is 0 Å². The molecule has 46 valence electrons. The molecule has 0 fully saturated rings. The third-order valence-corrected chi connectivity index (χ3v) is 0.975. The molecule has 0 spiro atoms. The second kappa shape index (κ2) is 4.84. The fraction of sp³-hybridized carbons (Fsp3) is 0.400. The smallest absolute Gasteiger partial charge is 0.309 e. The molecule has 0 aliphatic rings. The van der Waals surface area contributed by atoms with Gasteiger partial charge in [-0.15, -0.1) is 0 Å². The van der Waals surface area contributed by atoms with Gasteiger partial charge in [0.25, 0.3) is 0 Å². The highest BCUT2D eigenvalue weighted by Crippen LogP contribution is 1.89. The van der Waals surface area contributed by atoms with Crippen molar-refractivity contribution >= 4 is 21.9 Å². The summed E-state index contributed by atoms with van der Waals surface area (Å²) in [7, 11) is 1.37. The van der Waals surface area contributed by atoms with Gasteiger partial charge in [0.2, 0.25) is 0 Å². The minimum atomic E-state index is -0.222. The topological polar surface area (TPSA) is 26.3 Å². The maximum Gasteiger partial charge on any atom is 0.309 e. The fourth-order valence-electron chi connectivity index (χ4n) is 0.224. The van der Waals surface area contributed by atoms with Gasteiger partial charge in [0.1, 0.15) is 0 Å². The van der Waals surface area contributed by atoms with Crippen LogP contribution in [0.1, 0.15) is 6.42 Å². The molecule has 0 saturated carbocycles. The quantitative estimate of drug-likeness (QED) is 0.599. The molecule has 0 aromatic heterocycles. The second-order valence-electron chi connectivity index (χ2n) is 1.14. The molecule has 3 heteroatoms. The molecule has 0 aliphatic carbocycles. The molecule has 0 heterocycles. The van der Waals surface area contributed by atoms with Gasteiger partial charge < -0.3 is 4.74 Å². The van der Waals surface area contributed by atoms with Gasteiger partial charge >= 0.3 is 5.97 Å². The van der Waals surface area contributed by atoms with E-state index in [1.54, 1.807) is 11.1 Å². The lowest BCUT2D eigenvalue weighted by Crippen LogP contribution is -1.96. The van der Waals surface area contributed by atoms with Gasteiger partial charge in [-0.1, -0.05) is 22.0 Å². The molecule has 0 radical (unpaired) electrons. The summed E-state index contributed by atoms with van der Waals surface area (Å²) < 4.78 is 4.34. The maximum atomic E-state index is 10.3. The zero-order valence-corrected chi connectivity index (χ0v) is 6.14. The maximum absolute atomic E-state index is 10.3. The van der Waals surface area contributed by atoms with Crippen LogP contribution >= 0.6 is 15.9 Å². The Labute approximate surface area is 56.7 Å². The van der Waals surface area contributed by atoms with Crippen molar-refractivity contribution in [2.24, 2.45) is 0 Å². The molecule has 0 aromatic carbocycles. The summed E-state index contributed by atoms with van der Waals surface area (Å²) in [6.45, 7) is 0. The Morgan fingerprint density at radius 1 is 1.88 bits per heavy atom. The van der Waals surface area contributed by atoms with Gasteiger partial charge in [-0.25, -0.2) is 0 Å². The van der Waals surface area contributed by atoms with Crippen LogP contribution in [0.3, 0.4) is 0 Å². The molecule has 0 unspecified atom stereocenters. The minimum absolute atomic E-state index is 0.222. The number of ether oxygens (including phenoxy) is 1. The monoisotopic (exact) mass is 178 g/mol. The number of esters is 1. The van der Waals surface area contributed by atoms with Crippen molar-refractivity contribution in [3.05, 3.63) is 11.1 Å². The van der Waals surface area contributed by atoms with Crippen molar-refractivity contribution in [1.82, 2.24) is 0 Å². The molecule has 0 N–H and O–H groups in total. The van der Waals surface area contributed by atoms with E-state index in [1.807, 2.05) is 0 Å². The molecular weight excluding hydrogens is 172 g/mol. The van der Waals surface area contributed by atoms with E-state index in [9.17, 15) is 4.79 Å². The van der Waals surface area contributed by atoms with Gasteiger partial charge in [0.15, 0.2) is 0 Å². The Balaban J connectivity index is 3.25. The predicted molar refractivity (Wildman–Crippen MR) is 34.7 cm³/mol. The van der Waals surface area contributed by atoms with Crippen LogP contribution in [0.15, 0.2) is 11.1 Å². The van der Waals surface area contributed by atoms with Crippen molar-refractivity contribution in [1.29, 1.82) is 0 Å². The summed E-state index contributed by atoms with van der Waals surface area (Å²) in [6, 6.07) is 0. The van der Waals surface area contributed by atoms with E-state index in [4.69, 9.17) is 0 Å². The first kappa shape index (κ1) is 7.69. The Hall–Kier alpha value is -0.310. The average Bonchev–Trinajstić information content (AvgIpc) is 1.83. The van der Waals surface area contributed by atoms with E-state index in [0.29, 0.717) is 6.42 Å². The van der Waals surface area contributed by atoms with E-state index >= 15 is 0 Å². The summed E-state index contributed by atoms with van der Waals surface area (Å²) in [5.74, 6) is -0.222. The molecule has 8 heavy (non-hydrogen) atoms. The molecule has 0 amide bonds. The third kappa shape index (κ3) is 3.87. The van der Waals surface area contributed by atoms with Crippen LogP contribution in [-0.2, 0) is 9.53 Å². The largest absolute Gasteiger partial charge is 0.469 e. The molecule has 0 aromatic rings. The Morgan fingerprint density at radius 3 is 2.88 bits per heavy atom. The van der Waals surface area contributed by atoms with Crippen LogP contribution in [0.25, 0.3) is 0 Å². The predicted octanol–water partition coefficient (Wildman–Crippen LogP) is 1.46. The van der Waals surface area contributed by atoms with Gasteiger partial charge in [0.05, 0.1) is 13.5 Å². The number of carbonyl (C=O) groups is 1. The first-order valence-corrected chi connectivity index (χ1v) is 3.05. The highest BCUT2D eigenvalue weighted by molar-refractivity contribution is 9.11. The zero-order chi connectivity index (χ0) is 6.41. The average molecular weight is 179 g/mol. The molecule has 0 atom stereocenters. The zero-order valence-electron chi connectivity index (χ0n) is 4.56. The van der Waals surface area contributed by atoms with Crippen molar-refractivity contribution in [3.63, 3.8) is 0 Å². The molecular formula is C5H7BrO2. The fourth-order valence-corrected chi connectivity index (χ4v) is 0.411. The van der Waals surface area contributed by atoms with E-state index in [0.717, 1.165) is 0 Å². The summed E-state index contributed by atoms with van der Waals surface area (Å²) in [4.78, 5) is 11.9. The number of methoxy groups -OCH3 is 1. The Bertz CT molecular complexity index is 98.6. The van der Waals surface area contributed by atoms with Crippen LogP contribution < -0.4 is 0 Å². The number of halogens is 1. The van der Waals surface area contributed by atoms with Crippen LogP contribution in [-0.4, -0.2) is 13.1 Å². The Kier molecular flexibility index (Phi) is 4.65. The lowest BCUT2D eigenvalue weighted by Gasteiger charge is -1.89. The first-order chi connectivity index (χ1) is 3.81. The second-order valence-corrected chi connectivity index (χ2v) is 1.67. The van der Waals surface area contributed by atoms with Gasteiger partial charge in [-0.3, -0.25) is 4.79 Å². The summed E-state index contributed by atoms with van der Waals surface area (Å²) in [5.41, 5.74) is 0. The van der Waals surface area contributed by atoms with Crippen molar-refractivity contribution < 1.29 is 9.53 Å². The first-order valence-electron chi connectivity index (χ1n) is 2.13. The van der Waals surface area contributed by atoms with Gasteiger partial charge in [-0.05, 0) is 4.99 Å². The van der Waals surface area contributed by atoms with Crippen molar-refractivity contribution in [2.75, 3.05) is 7.11 Å². The lowest BCUT2D eigenvalue weighted by molar-refractivity contribution is -0.139. The normalized spacial score (nSPS) is 9.75. The highest BCUT2D eigenvalue weighted by atomic mass is 79.9. The number of hydrogen-bond donors (Lipinski definition) is 0. The van der Waals surface area contributed by atoms with Crippen LogP contribution in [0.2, 0.25) is 0 Å². The van der Waals surface area contributed by atoms with Crippen LogP contribution in [0.5, 0.6) is 0 Å². The summed E-state index contributed by atoms with van der Waals surface area (Å²) in [5, 5.41) is 0. The third-order valence-electron chi connectivity index (χ3n) is 0.601. The molecule has 0 aliphatic heterocycles. The number of rotatable bonds is 2. The van der Waals surface area contributed by atoms with E-state index in [2.05, 4.69) is 20.7 Å². The van der Waals surface area contributed by atoms with Gasteiger partial charge in [-0.2, -0.15) is 0 Å². The number of carbonyl (C=O) groups excluding carboxylic acids is 1. The molecule has 0 saturated heterocycles. The molecule has 0 bridgehead atoms. The summed E-state index contributed by atoms with van der Waals surface area (Å²) in [6.07, 6.45) is 2.01. The van der Waals surface area contributed by atoms with E-state index in [1.165, 1.54) is 7.11 Å². The number of hydrogen-bond acceptors (Lipinski definition) is 2. The molecule has 0 rings (SSSR count). The highest BCUT2D eigenvalue weighted by Gasteiger charge is 1.91. The van der Waals surface area contributed by atoms with Crippen molar-refractivity contribution in [3.8, 4) is 0 Å². The lowest BCUT2D eigenvalue weighted by atomic mass is 10.4. The van der Waals surface area contributed by atoms with Gasteiger partial charge in [0, 0.05) is 0 Å². The minimum Gasteiger partial charge on any atom is -0.469 e. The Morgan fingerprint density at radius 2 is 2.50 bits per heavy atom. The SMILES string of the molecule is COC(=O)C/C=C/Br. The van der Waals surface area contributed by atoms with Crippen LogP contribution in [0, 0.1) is 0 Å². The van der Waals surface area contributed by atoms with Crippen molar-refractivity contribution in [2.45, 2.75) is 6.42 Å².